The monoisotopic (exact) mass is 730 g/mol. The van der Waals surface area contributed by atoms with Crippen molar-refractivity contribution in [3.05, 3.63) is 182 Å². The number of rotatable bonds is 5. The van der Waals surface area contributed by atoms with Crippen LogP contribution < -0.4 is 0 Å². The third-order valence-corrected chi connectivity index (χ3v) is 11.1. The normalized spacial score (nSPS) is 11.9. The number of hydrogen-bond donors (Lipinski definition) is 0. The van der Waals surface area contributed by atoms with Crippen LogP contribution in [0.2, 0.25) is 0 Å². The van der Waals surface area contributed by atoms with E-state index in [0.29, 0.717) is 17.5 Å². The van der Waals surface area contributed by atoms with Crippen molar-refractivity contribution < 1.29 is 8.83 Å². The van der Waals surface area contributed by atoms with Gasteiger partial charge in [-0.1, -0.05) is 133 Å². The van der Waals surface area contributed by atoms with Gasteiger partial charge in [-0.05, 0) is 59.7 Å². The Hall–Kier alpha value is -7.83. The van der Waals surface area contributed by atoms with Crippen molar-refractivity contribution in [2.75, 3.05) is 0 Å². The van der Waals surface area contributed by atoms with Crippen LogP contribution in [0.5, 0.6) is 0 Å². The first-order valence-electron chi connectivity index (χ1n) is 19.0. The molecule has 0 aliphatic carbocycles. The van der Waals surface area contributed by atoms with E-state index in [9.17, 15) is 0 Å². The number of hydrogen-bond acceptors (Lipinski definition) is 5. The van der Waals surface area contributed by atoms with E-state index in [0.717, 1.165) is 99.2 Å². The Morgan fingerprint density at radius 1 is 0.351 bits per heavy atom. The molecule has 0 bridgehead atoms. The molecule has 0 aliphatic rings. The maximum absolute atomic E-state index is 6.62. The van der Waals surface area contributed by atoms with Crippen LogP contribution in [0.15, 0.2) is 191 Å². The van der Waals surface area contributed by atoms with Gasteiger partial charge in [0.2, 0.25) is 0 Å². The molecule has 0 N–H and O–H groups in total. The van der Waals surface area contributed by atoms with Gasteiger partial charge in [-0.3, -0.25) is 0 Å². The maximum atomic E-state index is 6.62. The second kappa shape index (κ2) is 12.3. The minimum Gasteiger partial charge on any atom is -0.456 e. The SMILES string of the molecule is c1ccc(-c2nc(-c3ccc4c(c3)oc3ccccc34)nc(-c3cccc4c5ccccc5n(-c5cccc6oc7cccc(-c8ccccc8)c7c56)c34)n2)cc1. The summed E-state index contributed by atoms with van der Waals surface area (Å²) in [7, 11) is 0. The van der Waals surface area contributed by atoms with E-state index in [1.54, 1.807) is 0 Å². The second-order valence-corrected chi connectivity index (χ2v) is 14.3. The summed E-state index contributed by atoms with van der Waals surface area (Å²) in [6.45, 7) is 0. The number of nitrogens with zero attached hydrogens (tertiary/aromatic N) is 4. The van der Waals surface area contributed by atoms with Gasteiger partial charge in [-0.25, -0.2) is 15.0 Å². The molecule has 0 aliphatic heterocycles. The molecule has 4 heterocycles. The fourth-order valence-corrected chi connectivity index (χ4v) is 8.55. The third kappa shape index (κ3) is 4.87. The highest BCUT2D eigenvalue weighted by Gasteiger charge is 2.23. The van der Waals surface area contributed by atoms with Crippen molar-refractivity contribution >= 4 is 65.7 Å². The zero-order valence-electron chi connectivity index (χ0n) is 30.4. The van der Waals surface area contributed by atoms with Gasteiger partial charge in [0.25, 0.3) is 0 Å². The Morgan fingerprint density at radius 3 is 1.77 bits per heavy atom. The molecule has 6 heteroatoms. The molecular weight excluding hydrogens is 701 g/mol. The van der Waals surface area contributed by atoms with Crippen LogP contribution in [0.25, 0.3) is 117 Å². The summed E-state index contributed by atoms with van der Waals surface area (Å²) in [5.41, 5.74) is 11.3. The lowest BCUT2D eigenvalue weighted by atomic mass is 9.98. The lowest BCUT2D eigenvalue weighted by molar-refractivity contribution is 0.668. The van der Waals surface area contributed by atoms with E-state index in [1.807, 2.05) is 54.6 Å². The highest BCUT2D eigenvalue weighted by atomic mass is 16.3. The van der Waals surface area contributed by atoms with E-state index in [2.05, 4.69) is 132 Å². The van der Waals surface area contributed by atoms with Crippen molar-refractivity contribution in [1.29, 1.82) is 0 Å². The van der Waals surface area contributed by atoms with E-state index in [-0.39, 0.29) is 0 Å². The fraction of sp³-hybridized carbons (Fsp3) is 0. The molecule has 0 unspecified atom stereocenters. The molecule has 8 aromatic carbocycles. The van der Waals surface area contributed by atoms with Crippen molar-refractivity contribution in [1.82, 2.24) is 19.5 Å². The Bertz CT molecular complexity index is 3530. The molecule has 0 amide bonds. The molecule has 12 aromatic rings. The van der Waals surface area contributed by atoms with Gasteiger partial charge in [0.1, 0.15) is 22.3 Å². The summed E-state index contributed by atoms with van der Waals surface area (Å²) in [6, 6.07) is 62.6. The molecule has 0 fully saturated rings. The predicted octanol–water partition coefficient (Wildman–Crippen LogP) is 13.4. The highest BCUT2D eigenvalue weighted by Crippen LogP contribution is 2.44. The summed E-state index contributed by atoms with van der Waals surface area (Å²) in [6.07, 6.45) is 0. The van der Waals surface area contributed by atoms with Gasteiger partial charge < -0.3 is 13.4 Å². The molecule has 0 atom stereocenters. The van der Waals surface area contributed by atoms with Crippen LogP contribution in [-0.2, 0) is 0 Å². The van der Waals surface area contributed by atoms with Gasteiger partial charge >= 0.3 is 0 Å². The first-order valence-corrected chi connectivity index (χ1v) is 19.0. The maximum Gasteiger partial charge on any atom is 0.166 e. The van der Waals surface area contributed by atoms with E-state index >= 15 is 0 Å². The average molecular weight is 731 g/mol. The molecule has 4 aromatic heterocycles. The summed E-state index contributed by atoms with van der Waals surface area (Å²) < 4.78 is 15.3. The molecule has 0 spiro atoms. The van der Waals surface area contributed by atoms with Crippen LogP contribution in [0.3, 0.4) is 0 Å². The van der Waals surface area contributed by atoms with Crippen molar-refractivity contribution in [2.24, 2.45) is 0 Å². The van der Waals surface area contributed by atoms with Gasteiger partial charge in [0, 0.05) is 43.6 Å². The van der Waals surface area contributed by atoms with Crippen LogP contribution in [0, 0.1) is 0 Å². The van der Waals surface area contributed by atoms with E-state index in [1.165, 1.54) is 0 Å². The minimum atomic E-state index is 0.566. The van der Waals surface area contributed by atoms with E-state index < -0.39 is 0 Å². The minimum absolute atomic E-state index is 0.566. The molecule has 12 rings (SSSR count). The van der Waals surface area contributed by atoms with E-state index in [4.69, 9.17) is 23.8 Å². The number of aromatic nitrogens is 4. The molecule has 0 saturated carbocycles. The zero-order valence-corrected chi connectivity index (χ0v) is 30.4. The summed E-state index contributed by atoms with van der Waals surface area (Å²) in [4.78, 5) is 15.6. The zero-order chi connectivity index (χ0) is 37.5. The molecule has 266 valence electrons. The fourth-order valence-electron chi connectivity index (χ4n) is 8.55. The van der Waals surface area contributed by atoms with Crippen molar-refractivity contribution in [3.8, 4) is 51.0 Å². The lowest BCUT2D eigenvalue weighted by Gasteiger charge is -2.14. The first-order chi connectivity index (χ1) is 28.3. The Kier molecular flexibility index (Phi) is 6.83. The third-order valence-electron chi connectivity index (χ3n) is 11.1. The van der Waals surface area contributed by atoms with Crippen LogP contribution in [0.1, 0.15) is 0 Å². The smallest absolute Gasteiger partial charge is 0.166 e. The summed E-state index contributed by atoms with van der Waals surface area (Å²) in [5.74, 6) is 1.74. The Labute approximate surface area is 325 Å². The van der Waals surface area contributed by atoms with Gasteiger partial charge in [0.15, 0.2) is 17.5 Å². The number of benzene rings is 8. The van der Waals surface area contributed by atoms with Gasteiger partial charge in [0.05, 0.1) is 22.1 Å². The highest BCUT2D eigenvalue weighted by molar-refractivity contribution is 6.19. The number of para-hydroxylation sites is 3. The largest absolute Gasteiger partial charge is 0.456 e. The average Bonchev–Trinajstić information content (AvgIpc) is 3.96. The van der Waals surface area contributed by atoms with Crippen LogP contribution in [-0.4, -0.2) is 19.5 Å². The van der Waals surface area contributed by atoms with Gasteiger partial charge in [-0.2, -0.15) is 0 Å². The Balaban J connectivity index is 1.16. The summed E-state index contributed by atoms with van der Waals surface area (Å²) >= 11 is 0. The predicted molar refractivity (Wildman–Crippen MR) is 230 cm³/mol. The molecule has 0 radical (unpaired) electrons. The number of furan rings is 2. The second-order valence-electron chi connectivity index (χ2n) is 14.3. The Morgan fingerprint density at radius 2 is 0.930 bits per heavy atom. The topological polar surface area (TPSA) is 69.9 Å². The first kappa shape index (κ1) is 31.5. The van der Waals surface area contributed by atoms with Crippen LogP contribution in [0.4, 0.5) is 0 Å². The lowest BCUT2D eigenvalue weighted by Crippen LogP contribution is -2.02. The van der Waals surface area contributed by atoms with Gasteiger partial charge in [-0.15, -0.1) is 0 Å². The van der Waals surface area contributed by atoms with Crippen LogP contribution >= 0.6 is 0 Å². The molecule has 57 heavy (non-hydrogen) atoms. The van der Waals surface area contributed by atoms with Crippen molar-refractivity contribution in [3.63, 3.8) is 0 Å². The number of fused-ring (bicyclic) bond motifs is 9. The molecule has 6 nitrogen and oxygen atoms in total. The molecular formula is C51H30N4O2. The summed E-state index contributed by atoms with van der Waals surface area (Å²) in [5, 5.41) is 6.49. The standard InChI is InChI=1S/C51H30N4O2/c1-3-14-31(15-4-1)34-20-12-26-43-46(34)47-41(24-13-27-44(47)57-43)55-40-23-9-7-18-35(40)38-21-11-22-39(48(38)55)51-53-49(32-16-5-2-6-17-32)52-50(54-51)33-28-29-37-36-19-8-10-25-42(36)56-45(37)30-33/h1-30H. The van der Waals surface area contributed by atoms with Crippen molar-refractivity contribution in [2.45, 2.75) is 0 Å². The quantitative estimate of drug-likeness (QED) is 0.176. The molecule has 0 saturated heterocycles.